The lowest BCUT2D eigenvalue weighted by Crippen LogP contribution is -1.87. The van der Waals surface area contributed by atoms with Crippen molar-refractivity contribution in [3.63, 3.8) is 0 Å². The van der Waals surface area contributed by atoms with Crippen LogP contribution in [0.25, 0.3) is 0 Å². The van der Waals surface area contributed by atoms with E-state index in [2.05, 4.69) is 11.9 Å². The number of unbranched alkanes of at least 4 members (excludes halogenated alkanes) is 1. The number of rotatable bonds is 4. The minimum absolute atomic E-state index is 0.829. The molecule has 13 heavy (non-hydrogen) atoms. The van der Waals surface area contributed by atoms with E-state index in [1.165, 1.54) is 0 Å². The molecule has 0 saturated carbocycles. The van der Waals surface area contributed by atoms with Crippen LogP contribution in [0.5, 0.6) is 5.75 Å². The van der Waals surface area contributed by atoms with E-state index in [-0.39, 0.29) is 0 Å². The van der Waals surface area contributed by atoms with E-state index in [0.717, 1.165) is 24.3 Å². The maximum Gasteiger partial charge on any atom is 0.147 e. The first-order valence-corrected chi connectivity index (χ1v) is 4.58. The number of allylic oxidation sites excluding steroid dienone is 1. The molecule has 1 aromatic rings. The molecule has 0 amide bonds. The van der Waals surface area contributed by atoms with Crippen molar-refractivity contribution in [2.75, 3.05) is 0 Å². The predicted molar refractivity (Wildman–Crippen MR) is 53.7 cm³/mol. The Balaban J connectivity index is 2.49. The summed E-state index contributed by atoms with van der Waals surface area (Å²) in [6.07, 6.45) is 7.71. The van der Waals surface area contributed by atoms with Crippen LogP contribution in [-0.4, -0.2) is 4.98 Å². The summed E-state index contributed by atoms with van der Waals surface area (Å²) in [5.74, 6) is 0.829. The first kappa shape index (κ1) is 9.78. The van der Waals surface area contributed by atoms with Crippen LogP contribution in [0.3, 0.4) is 0 Å². The normalized spacial score (nSPS) is 10.6. The molecule has 0 bridgehead atoms. The fourth-order valence-corrected chi connectivity index (χ4v) is 0.950. The minimum Gasteiger partial charge on any atom is -0.463 e. The lowest BCUT2D eigenvalue weighted by molar-refractivity contribution is 0.471. The molecule has 0 aliphatic heterocycles. The van der Waals surface area contributed by atoms with Crippen LogP contribution >= 0.6 is 0 Å². The Kier molecular flexibility index (Phi) is 4.03. The number of pyridine rings is 1. The fraction of sp³-hybridized carbons (Fsp3) is 0.364. The molecule has 0 atom stereocenters. The Morgan fingerprint density at radius 1 is 1.54 bits per heavy atom. The quantitative estimate of drug-likeness (QED) is 0.659. The van der Waals surface area contributed by atoms with Gasteiger partial charge in [-0.3, -0.25) is 4.98 Å². The van der Waals surface area contributed by atoms with Gasteiger partial charge >= 0.3 is 0 Å². The van der Waals surface area contributed by atoms with Crippen LogP contribution in [0, 0.1) is 6.92 Å². The third-order valence-electron chi connectivity index (χ3n) is 1.71. The summed E-state index contributed by atoms with van der Waals surface area (Å²) in [6.45, 7) is 4.07. The largest absolute Gasteiger partial charge is 0.463 e. The van der Waals surface area contributed by atoms with E-state index < -0.39 is 0 Å². The van der Waals surface area contributed by atoms with E-state index in [4.69, 9.17) is 4.74 Å². The zero-order valence-corrected chi connectivity index (χ0v) is 8.16. The molecular weight excluding hydrogens is 162 g/mol. The average Bonchev–Trinajstić information content (AvgIpc) is 2.15. The van der Waals surface area contributed by atoms with Gasteiger partial charge in [0.15, 0.2) is 0 Å². The van der Waals surface area contributed by atoms with Crippen molar-refractivity contribution in [1.82, 2.24) is 4.98 Å². The van der Waals surface area contributed by atoms with Gasteiger partial charge in [-0.2, -0.15) is 0 Å². The lowest BCUT2D eigenvalue weighted by atomic mass is 10.3. The van der Waals surface area contributed by atoms with Crippen LogP contribution in [0.1, 0.15) is 25.5 Å². The van der Waals surface area contributed by atoms with E-state index in [1.807, 2.05) is 25.1 Å². The van der Waals surface area contributed by atoms with Gasteiger partial charge in [-0.25, -0.2) is 0 Å². The SMILES string of the molecule is CCCC=COc1cccnc1C. The fourth-order valence-electron chi connectivity index (χ4n) is 0.950. The van der Waals surface area contributed by atoms with Crippen LogP contribution in [0.15, 0.2) is 30.7 Å². The number of hydrogen-bond donors (Lipinski definition) is 0. The van der Waals surface area contributed by atoms with Gasteiger partial charge in [-0.05, 0) is 31.6 Å². The van der Waals surface area contributed by atoms with Gasteiger partial charge in [0.25, 0.3) is 0 Å². The third kappa shape index (κ3) is 3.28. The highest BCUT2D eigenvalue weighted by Gasteiger charge is 1.94. The number of ether oxygens (including phenoxy) is 1. The van der Waals surface area contributed by atoms with Crippen molar-refractivity contribution in [2.45, 2.75) is 26.7 Å². The molecule has 0 saturated heterocycles. The van der Waals surface area contributed by atoms with E-state index in [0.29, 0.717) is 0 Å². The Morgan fingerprint density at radius 2 is 2.38 bits per heavy atom. The van der Waals surface area contributed by atoms with E-state index in [1.54, 1.807) is 12.5 Å². The monoisotopic (exact) mass is 177 g/mol. The maximum atomic E-state index is 5.40. The predicted octanol–water partition coefficient (Wildman–Crippen LogP) is 3.08. The summed E-state index contributed by atoms with van der Waals surface area (Å²) < 4.78 is 5.40. The number of aryl methyl sites for hydroxylation is 1. The van der Waals surface area contributed by atoms with Gasteiger partial charge in [0.1, 0.15) is 5.75 Å². The van der Waals surface area contributed by atoms with Crippen LogP contribution in [-0.2, 0) is 0 Å². The lowest BCUT2D eigenvalue weighted by Gasteiger charge is -2.01. The Bertz CT molecular complexity index is 281. The highest BCUT2D eigenvalue weighted by Crippen LogP contribution is 2.13. The van der Waals surface area contributed by atoms with Gasteiger partial charge in [-0.1, -0.05) is 13.3 Å². The molecule has 0 radical (unpaired) electrons. The Morgan fingerprint density at radius 3 is 3.08 bits per heavy atom. The zero-order chi connectivity index (χ0) is 9.52. The van der Waals surface area contributed by atoms with Gasteiger partial charge in [0.2, 0.25) is 0 Å². The van der Waals surface area contributed by atoms with Gasteiger partial charge in [0.05, 0.1) is 12.0 Å². The maximum absolute atomic E-state index is 5.40. The first-order valence-electron chi connectivity index (χ1n) is 4.58. The van der Waals surface area contributed by atoms with Crippen LogP contribution in [0.4, 0.5) is 0 Å². The first-order chi connectivity index (χ1) is 6.34. The minimum atomic E-state index is 0.829. The summed E-state index contributed by atoms with van der Waals surface area (Å²) in [6, 6.07) is 3.79. The molecule has 1 rings (SSSR count). The second-order valence-electron chi connectivity index (χ2n) is 2.87. The smallest absolute Gasteiger partial charge is 0.147 e. The highest BCUT2D eigenvalue weighted by atomic mass is 16.5. The van der Waals surface area contributed by atoms with Crippen molar-refractivity contribution in [3.8, 4) is 5.75 Å². The number of hydrogen-bond acceptors (Lipinski definition) is 2. The molecule has 0 aromatic carbocycles. The molecule has 0 aliphatic rings. The molecule has 1 aromatic heterocycles. The summed E-state index contributed by atoms with van der Waals surface area (Å²) in [4.78, 5) is 4.12. The van der Waals surface area contributed by atoms with Crippen molar-refractivity contribution in [1.29, 1.82) is 0 Å². The molecule has 0 fully saturated rings. The molecule has 70 valence electrons. The molecular formula is C11H15NO. The second kappa shape index (κ2) is 5.36. The highest BCUT2D eigenvalue weighted by molar-refractivity contribution is 5.25. The molecule has 1 heterocycles. The standard InChI is InChI=1S/C11H15NO/c1-3-4-5-9-13-11-7-6-8-12-10(11)2/h5-9H,3-4H2,1-2H3. The van der Waals surface area contributed by atoms with Crippen molar-refractivity contribution in [3.05, 3.63) is 36.4 Å². The number of nitrogens with zero attached hydrogens (tertiary/aromatic N) is 1. The molecule has 0 spiro atoms. The van der Waals surface area contributed by atoms with Crippen LogP contribution in [0.2, 0.25) is 0 Å². The summed E-state index contributed by atoms with van der Waals surface area (Å²) in [7, 11) is 0. The Labute approximate surface area is 79.3 Å². The third-order valence-corrected chi connectivity index (χ3v) is 1.71. The molecule has 0 N–H and O–H groups in total. The topological polar surface area (TPSA) is 22.1 Å². The summed E-state index contributed by atoms with van der Waals surface area (Å²) in [5, 5.41) is 0. The average molecular weight is 177 g/mol. The van der Waals surface area contributed by atoms with E-state index >= 15 is 0 Å². The van der Waals surface area contributed by atoms with Gasteiger partial charge < -0.3 is 4.74 Å². The Hall–Kier alpha value is -1.31. The van der Waals surface area contributed by atoms with Crippen molar-refractivity contribution in [2.24, 2.45) is 0 Å². The molecule has 2 nitrogen and oxygen atoms in total. The summed E-state index contributed by atoms with van der Waals surface area (Å²) >= 11 is 0. The van der Waals surface area contributed by atoms with Gasteiger partial charge in [0, 0.05) is 6.20 Å². The van der Waals surface area contributed by atoms with Crippen LogP contribution < -0.4 is 4.74 Å². The van der Waals surface area contributed by atoms with Gasteiger partial charge in [-0.15, -0.1) is 0 Å². The zero-order valence-electron chi connectivity index (χ0n) is 8.16. The summed E-state index contributed by atoms with van der Waals surface area (Å²) in [5.41, 5.74) is 0.920. The second-order valence-corrected chi connectivity index (χ2v) is 2.87. The molecule has 0 unspecified atom stereocenters. The molecule has 0 aliphatic carbocycles. The molecule has 2 heteroatoms. The van der Waals surface area contributed by atoms with Crippen molar-refractivity contribution < 1.29 is 4.74 Å². The van der Waals surface area contributed by atoms with E-state index in [9.17, 15) is 0 Å². The van der Waals surface area contributed by atoms with Crippen molar-refractivity contribution >= 4 is 0 Å². The number of aromatic nitrogens is 1.